The van der Waals surface area contributed by atoms with E-state index in [1.54, 1.807) is 25.1 Å². The number of carbonyl (C=O) groups is 2. The summed E-state index contributed by atoms with van der Waals surface area (Å²) in [5, 5.41) is 2.69. The Kier molecular flexibility index (Phi) is 6.77. The van der Waals surface area contributed by atoms with Crippen LogP contribution >= 0.6 is 12.4 Å². The Morgan fingerprint density at radius 1 is 1.50 bits per heavy atom. The van der Waals surface area contributed by atoms with Gasteiger partial charge in [0.1, 0.15) is 11.9 Å². The zero-order valence-electron chi connectivity index (χ0n) is 12.4. The van der Waals surface area contributed by atoms with Crippen molar-refractivity contribution >= 4 is 29.9 Å². The molecule has 2 atom stereocenters. The van der Waals surface area contributed by atoms with E-state index in [-0.39, 0.29) is 42.4 Å². The summed E-state index contributed by atoms with van der Waals surface area (Å²) < 4.78 is 13.8. The maximum absolute atomic E-state index is 13.8. The van der Waals surface area contributed by atoms with E-state index in [9.17, 15) is 14.0 Å². The van der Waals surface area contributed by atoms with Crippen LogP contribution in [0, 0.1) is 5.82 Å². The zero-order chi connectivity index (χ0) is 15.4. The van der Waals surface area contributed by atoms with Crippen LogP contribution in [0.3, 0.4) is 0 Å². The molecule has 1 heterocycles. The number of rotatable bonds is 4. The maximum Gasteiger partial charge on any atom is 0.249 e. The smallest absolute Gasteiger partial charge is 0.249 e. The number of nitrogens with zero attached hydrogens (tertiary/aromatic N) is 1. The van der Waals surface area contributed by atoms with Crippen molar-refractivity contribution in [2.75, 3.05) is 11.4 Å². The molecule has 7 heteroatoms. The molecule has 3 N–H and O–H groups in total. The first-order chi connectivity index (χ1) is 9.99. The Bertz CT molecular complexity index is 539. The Balaban J connectivity index is 0.00000242. The maximum atomic E-state index is 13.8. The number of benzene rings is 1. The number of halogens is 2. The van der Waals surface area contributed by atoms with Crippen LogP contribution in [0.1, 0.15) is 26.2 Å². The third kappa shape index (κ3) is 4.42. The average Bonchev–Trinajstić information content (AvgIpc) is 2.41. The van der Waals surface area contributed by atoms with Gasteiger partial charge < -0.3 is 16.0 Å². The number of hydrogen-bond donors (Lipinski definition) is 2. The first-order valence-corrected chi connectivity index (χ1v) is 7.10. The lowest BCUT2D eigenvalue weighted by Crippen LogP contribution is -2.53. The van der Waals surface area contributed by atoms with Crippen LogP contribution in [0.2, 0.25) is 0 Å². The molecular weight excluding hydrogens is 309 g/mol. The van der Waals surface area contributed by atoms with E-state index in [0.717, 1.165) is 0 Å². The van der Waals surface area contributed by atoms with E-state index < -0.39 is 11.9 Å². The van der Waals surface area contributed by atoms with Crippen molar-refractivity contribution in [1.82, 2.24) is 5.32 Å². The minimum absolute atomic E-state index is 0. The lowest BCUT2D eigenvalue weighted by molar-refractivity contribution is -0.128. The van der Waals surface area contributed by atoms with Gasteiger partial charge in [-0.3, -0.25) is 9.59 Å². The van der Waals surface area contributed by atoms with Gasteiger partial charge in [0.2, 0.25) is 11.8 Å². The molecule has 0 bridgehead atoms. The number of piperidine rings is 1. The molecule has 1 aliphatic rings. The molecule has 2 unspecified atom stereocenters. The van der Waals surface area contributed by atoms with Gasteiger partial charge in [0, 0.05) is 19.0 Å². The minimum Gasteiger partial charge on any atom is -0.344 e. The highest BCUT2D eigenvalue weighted by atomic mass is 35.5. The van der Waals surface area contributed by atoms with Gasteiger partial charge in [0.15, 0.2) is 0 Å². The monoisotopic (exact) mass is 329 g/mol. The number of nitrogens with one attached hydrogen (secondary N) is 1. The van der Waals surface area contributed by atoms with Crippen molar-refractivity contribution in [3.05, 3.63) is 30.1 Å². The SMILES string of the molecule is CC(N)CC(=O)NC1CCCN(c2ccccc2F)C1=O.Cl. The molecule has 2 amide bonds. The topological polar surface area (TPSA) is 75.4 Å². The fourth-order valence-electron chi connectivity index (χ4n) is 2.46. The Morgan fingerprint density at radius 2 is 2.18 bits per heavy atom. The first-order valence-electron chi connectivity index (χ1n) is 7.10. The number of para-hydroxylation sites is 1. The van der Waals surface area contributed by atoms with Crippen LogP contribution in [0.5, 0.6) is 0 Å². The van der Waals surface area contributed by atoms with E-state index in [1.165, 1.54) is 11.0 Å². The Labute approximate surface area is 135 Å². The third-order valence-corrected chi connectivity index (χ3v) is 3.42. The summed E-state index contributed by atoms with van der Waals surface area (Å²) in [6.45, 7) is 2.19. The quantitative estimate of drug-likeness (QED) is 0.881. The van der Waals surface area contributed by atoms with Crippen LogP contribution < -0.4 is 16.0 Å². The Hall–Kier alpha value is -1.66. The van der Waals surface area contributed by atoms with Gasteiger partial charge in [-0.15, -0.1) is 12.4 Å². The molecule has 1 aromatic rings. The molecular formula is C15H21ClFN3O2. The molecule has 5 nitrogen and oxygen atoms in total. The fourth-order valence-corrected chi connectivity index (χ4v) is 2.46. The molecule has 1 aliphatic heterocycles. The van der Waals surface area contributed by atoms with E-state index >= 15 is 0 Å². The lowest BCUT2D eigenvalue weighted by Gasteiger charge is -2.33. The van der Waals surface area contributed by atoms with Crippen molar-refractivity contribution in [3.63, 3.8) is 0 Å². The summed E-state index contributed by atoms with van der Waals surface area (Å²) in [6, 6.07) is 5.29. The summed E-state index contributed by atoms with van der Waals surface area (Å²) in [5.74, 6) is -0.962. The molecule has 1 fully saturated rings. The van der Waals surface area contributed by atoms with Gasteiger partial charge >= 0.3 is 0 Å². The normalized spacial score (nSPS) is 19.3. The second-order valence-electron chi connectivity index (χ2n) is 5.39. The highest BCUT2D eigenvalue weighted by molar-refractivity contribution is 6.00. The summed E-state index contributed by atoms with van der Waals surface area (Å²) in [5.41, 5.74) is 5.82. The number of hydrogen-bond acceptors (Lipinski definition) is 3. The van der Waals surface area contributed by atoms with E-state index in [2.05, 4.69) is 5.32 Å². The van der Waals surface area contributed by atoms with Crippen molar-refractivity contribution in [3.8, 4) is 0 Å². The van der Waals surface area contributed by atoms with Crippen LogP contribution in [0.15, 0.2) is 24.3 Å². The van der Waals surface area contributed by atoms with Gasteiger partial charge in [0.25, 0.3) is 0 Å². The van der Waals surface area contributed by atoms with Crippen LogP contribution in [0.4, 0.5) is 10.1 Å². The van der Waals surface area contributed by atoms with Gasteiger partial charge in [-0.2, -0.15) is 0 Å². The van der Waals surface area contributed by atoms with Gasteiger partial charge in [0.05, 0.1) is 5.69 Å². The highest BCUT2D eigenvalue weighted by Crippen LogP contribution is 2.23. The standard InChI is InChI=1S/C15H20FN3O2.ClH/c1-10(17)9-14(20)18-12-6-4-8-19(15(12)21)13-7-3-2-5-11(13)16;/h2-3,5,7,10,12H,4,6,8-9,17H2,1H3,(H,18,20);1H. The molecule has 1 saturated heterocycles. The average molecular weight is 330 g/mol. The summed E-state index contributed by atoms with van der Waals surface area (Å²) in [4.78, 5) is 25.6. The van der Waals surface area contributed by atoms with E-state index in [4.69, 9.17) is 5.73 Å². The largest absolute Gasteiger partial charge is 0.344 e. The van der Waals surface area contributed by atoms with Crippen LogP contribution in [-0.2, 0) is 9.59 Å². The predicted molar refractivity (Wildman–Crippen MR) is 85.4 cm³/mol. The first kappa shape index (κ1) is 18.4. The van der Waals surface area contributed by atoms with Gasteiger partial charge in [-0.1, -0.05) is 12.1 Å². The molecule has 2 rings (SSSR count). The van der Waals surface area contributed by atoms with Crippen LogP contribution in [0.25, 0.3) is 0 Å². The molecule has 1 aromatic carbocycles. The molecule has 22 heavy (non-hydrogen) atoms. The van der Waals surface area contributed by atoms with Crippen LogP contribution in [-0.4, -0.2) is 30.4 Å². The zero-order valence-corrected chi connectivity index (χ0v) is 13.2. The summed E-state index contributed by atoms with van der Waals surface area (Å²) in [7, 11) is 0. The van der Waals surface area contributed by atoms with Gasteiger partial charge in [-0.05, 0) is 31.9 Å². The number of carbonyl (C=O) groups excluding carboxylic acids is 2. The second kappa shape index (κ2) is 8.10. The van der Waals surface area contributed by atoms with Crippen molar-refractivity contribution in [2.24, 2.45) is 5.73 Å². The number of nitrogens with two attached hydrogens (primary N) is 1. The molecule has 0 spiro atoms. The second-order valence-corrected chi connectivity index (χ2v) is 5.39. The molecule has 0 radical (unpaired) electrons. The summed E-state index contributed by atoms with van der Waals surface area (Å²) in [6.07, 6.45) is 1.45. The summed E-state index contributed by atoms with van der Waals surface area (Å²) >= 11 is 0. The van der Waals surface area contributed by atoms with Crippen molar-refractivity contribution in [1.29, 1.82) is 0 Å². The van der Waals surface area contributed by atoms with Gasteiger partial charge in [-0.25, -0.2) is 4.39 Å². The third-order valence-electron chi connectivity index (χ3n) is 3.42. The van der Waals surface area contributed by atoms with E-state index in [0.29, 0.717) is 19.4 Å². The molecule has 122 valence electrons. The Morgan fingerprint density at radius 3 is 2.82 bits per heavy atom. The lowest BCUT2D eigenvalue weighted by atomic mass is 10.0. The van der Waals surface area contributed by atoms with Crippen molar-refractivity contribution < 1.29 is 14.0 Å². The highest BCUT2D eigenvalue weighted by Gasteiger charge is 2.31. The predicted octanol–water partition coefficient (Wildman–Crippen LogP) is 1.60. The minimum atomic E-state index is -0.607. The van der Waals surface area contributed by atoms with Crippen molar-refractivity contribution in [2.45, 2.75) is 38.3 Å². The number of anilines is 1. The fraction of sp³-hybridized carbons (Fsp3) is 0.467. The van der Waals surface area contributed by atoms with E-state index in [1.807, 2.05) is 0 Å². The molecule has 0 aliphatic carbocycles. The molecule has 0 saturated carbocycles. The molecule has 0 aromatic heterocycles. The number of amides is 2.